The average Bonchev–Trinajstić information content (AvgIpc) is 3.06. The number of pyridine rings is 2. The molecule has 0 N–H and O–H groups in total. The lowest BCUT2D eigenvalue weighted by Crippen LogP contribution is -2.31. The van der Waals surface area contributed by atoms with Crippen molar-refractivity contribution in [3.63, 3.8) is 0 Å². The number of carbonyl (C=O) groups excluding carboxylic acids is 1. The number of nitrogens with zero attached hydrogens (tertiary/aromatic N) is 3. The topological polar surface area (TPSA) is 46.1 Å². The molecule has 0 aliphatic rings. The number of hydrogen-bond acceptors (Lipinski definition) is 4. The number of hydrogen-bond donors (Lipinski definition) is 0. The molecule has 0 aliphatic carbocycles. The van der Waals surface area contributed by atoms with Gasteiger partial charge in [-0.05, 0) is 34.5 Å². The van der Waals surface area contributed by atoms with E-state index >= 15 is 0 Å². The predicted molar refractivity (Wildman–Crippen MR) is 83.2 cm³/mol. The first-order valence-electron chi connectivity index (χ1n) is 6.69. The second-order valence-corrected chi connectivity index (χ2v) is 5.50. The third-order valence-corrected chi connectivity index (χ3v) is 3.87. The fourth-order valence-corrected chi connectivity index (χ4v) is 2.72. The van der Waals surface area contributed by atoms with Crippen LogP contribution in [0.4, 0.5) is 14.5 Å². The van der Waals surface area contributed by atoms with Crippen molar-refractivity contribution in [2.24, 2.45) is 0 Å². The molecule has 0 radical (unpaired) electrons. The molecule has 0 saturated carbocycles. The zero-order valence-corrected chi connectivity index (χ0v) is 12.6. The van der Waals surface area contributed by atoms with Gasteiger partial charge in [-0.2, -0.15) is 11.3 Å². The lowest BCUT2D eigenvalue weighted by Gasteiger charge is -2.21. The van der Waals surface area contributed by atoms with Crippen LogP contribution in [-0.4, -0.2) is 15.9 Å². The molecule has 0 aromatic carbocycles. The Kier molecular flexibility index (Phi) is 4.38. The zero-order chi connectivity index (χ0) is 16.2. The van der Waals surface area contributed by atoms with Crippen molar-refractivity contribution in [3.05, 3.63) is 76.5 Å². The summed E-state index contributed by atoms with van der Waals surface area (Å²) in [5, 5.41) is 3.78. The third-order valence-electron chi connectivity index (χ3n) is 3.13. The number of halogens is 2. The predicted octanol–water partition coefficient (Wildman–Crippen LogP) is 3.66. The van der Waals surface area contributed by atoms with Crippen molar-refractivity contribution < 1.29 is 13.6 Å². The van der Waals surface area contributed by atoms with Gasteiger partial charge in [-0.25, -0.2) is 13.8 Å². The molecule has 0 bridgehead atoms. The summed E-state index contributed by atoms with van der Waals surface area (Å²) in [7, 11) is 0. The minimum absolute atomic E-state index is 0.243. The molecule has 3 rings (SSSR count). The molecule has 0 saturated heterocycles. The second kappa shape index (κ2) is 6.62. The first-order valence-corrected chi connectivity index (χ1v) is 7.63. The molecule has 3 aromatic heterocycles. The Labute approximate surface area is 135 Å². The summed E-state index contributed by atoms with van der Waals surface area (Å²) in [5.74, 6) is -2.47. The molecule has 0 atom stereocenters. The maximum atomic E-state index is 13.9. The van der Waals surface area contributed by atoms with E-state index < -0.39 is 23.2 Å². The van der Waals surface area contributed by atoms with Crippen LogP contribution in [0.2, 0.25) is 0 Å². The highest BCUT2D eigenvalue weighted by molar-refractivity contribution is 7.07. The Hall–Kier alpha value is -2.67. The molecule has 0 spiro atoms. The Morgan fingerprint density at radius 2 is 2.13 bits per heavy atom. The molecule has 0 fully saturated rings. The minimum Gasteiger partial charge on any atom is -0.301 e. The number of rotatable bonds is 4. The monoisotopic (exact) mass is 331 g/mol. The first kappa shape index (κ1) is 15.2. The van der Waals surface area contributed by atoms with Crippen LogP contribution in [0.3, 0.4) is 0 Å². The van der Waals surface area contributed by atoms with Gasteiger partial charge in [0.2, 0.25) is 0 Å². The highest BCUT2D eigenvalue weighted by Crippen LogP contribution is 2.21. The van der Waals surface area contributed by atoms with Gasteiger partial charge in [0.05, 0.1) is 24.6 Å². The molecule has 23 heavy (non-hydrogen) atoms. The summed E-state index contributed by atoms with van der Waals surface area (Å²) in [6.07, 6.45) is 3.90. The molecule has 0 unspecified atom stereocenters. The number of aromatic nitrogens is 2. The lowest BCUT2D eigenvalue weighted by molar-refractivity contribution is 0.0976. The molecule has 7 heteroatoms. The summed E-state index contributed by atoms with van der Waals surface area (Å²) in [6, 6.07) is 5.89. The van der Waals surface area contributed by atoms with Gasteiger partial charge in [0, 0.05) is 12.3 Å². The molecule has 116 valence electrons. The van der Waals surface area contributed by atoms with Crippen LogP contribution in [0.1, 0.15) is 16.1 Å². The Bertz CT molecular complexity index is 809. The smallest absolute Gasteiger partial charge is 0.280 e. The Morgan fingerprint density at radius 3 is 2.78 bits per heavy atom. The van der Waals surface area contributed by atoms with Gasteiger partial charge in [0.1, 0.15) is 5.82 Å². The maximum absolute atomic E-state index is 13.9. The van der Waals surface area contributed by atoms with Crippen molar-refractivity contribution in [1.29, 1.82) is 0 Å². The van der Waals surface area contributed by atoms with Gasteiger partial charge >= 0.3 is 0 Å². The van der Waals surface area contributed by atoms with Gasteiger partial charge < -0.3 is 4.90 Å². The third kappa shape index (κ3) is 3.40. The van der Waals surface area contributed by atoms with Crippen molar-refractivity contribution in [2.75, 3.05) is 4.90 Å². The number of anilines is 1. The Morgan fingerprint density at radius 1 is 1.26 bits per heavy atom. The maximum Gasteiger partial charge on any atom is 0.280 e. The van der Waals surface area contributed by atoms with Crippen molar-refractivity contribution in [2.45, 2.75) is 6.54 Å². The SMILES string of the molecule is O=C(c1ncc(F)cc1F)N(Cc1ccsc1)c1cccnc1. The molecule has 1 amide bonds. The number of thiophene rings is 1. The van der Waals surface area contributed by atoms with E-state index in [4.69, 9.17) is 0 Å². The van der Waals surface area contributed by atoms with Crippen molar-refractivity contribution in [3.8, 4) is 0 Å². The van der Waals surface area contributed by atoms with Crippen LogP contribution >= 0.6 is 11.3 Å². The summed E-state index contributed by atoms with van der Waals surface area (Å²) >= 11 is 1.50. The van der Waals surface area contributed by atoms with E-state index in [9.17, 15) is 13.6 Å². The van der Waals surface area contributed by atoms with E-state index in [0.717, 1.165) is 11.8 Å². The number of amides is 1. The van der Waals surface area contributed by atoms with E-state index in [-0.39, 0.29) is 6.54 Å². The summed E-state index contributed by atoms with van der Waals surface area (Å²) in [5.41, 5.74) is 0.981. The first-order chi connectivity index (χ1) is 11.1. The van der Waals surface area contributed by atoms with E-state index in [1.54, 1.807) is 18.3 Å². The number of carbonyl (C=O) groups is 1. The van der Waals surface area contributed by atoms with Crippen LogP contribution in [0.5, 0.6) is 0 Å². The quantitative estimate of drug-likeness (QED) is 0.733. The second-order valence-electron chi connectivity index (χ2n) is 4.72. The van der Waals surface area contributed by atoms with Crippen molar-refractivity contribution in [1.82, 2.24) is 9.97 Å². The van der Waals surface area contributed by atoms with Crippen LogP contribution in [0.25, 0.3) is 0 Å². The molecule has 4 nitrogen and oxygen atoms in total. The fraction of sp³-hybridized carbons (Fsp3) is 0.0625. The zero-order valence-electron chi connectivity index (χ0n) is 11.8. The Balaban J connectivity index is 1.98. The van der Waals surface area contributed by atoms with Crippen LogP contribution in [0, 0.1) is 11.6 Å². The average molecular weight is 331 g/mol. The lowest BCUT2D eigenvalue weighted by atomic mass is 10.2. The largest absolute Gasteiger partial charge is 0.301 e. The summed E-state index contributed by atoms with van der Waals surface area (Å²) in [6.45, 7) is 0.243. The molecular formula is C16H11F2N3OS. The molecular weight excluding hydrogens is 320 g/mol. The fourth-order valence-electron chi connectivity index (χ4n) is 2.06. The van der Waals surface area contributed by atoms with E-state index in [2.05, 4.69) is 9.97 Å². The molecule has 3 aromatic rings. The van der Waals surface area contributed by atoms with Gasteiger partial charge in [-0.3, -0.25) is 9.78 Å². The van der Waals surface area contributed by atoms with Gasteiger partial charge in [0.15, 0.2) is 11.5 Å². The van der Waals surface area contributed by atoms with E-state index in [1.165, 1.54) is 22.4 Å². The molecule has 3 heterocycles. The van der Waals surface area contributed by atoms with E-state index in [0.29, 0.717) is 11.8 Å². The van der Waals surface area contributed by atoms with Crippen LogP contribution in [-0.2, 0) is 6.54 Å². The van der Waals surface area contributed by atoms with Gasteiger partial charge in [-0.1, -0.05) is 0 Å². The molecule has 0 aliphatic heterocycles. The minimum atomic E-state index is -0.991. The normalized spacial score (nSPS) is 10.5. The van der Waals surface area contributed by atoms with Gasteiger partial charge in [0.25, 0.3) is 5.91 Å². The standard InChI is InChI=1S/C16H11F2N3OS/c17-12-6-14(18)15(20-7-12)16(22)21(9-11-3-5-23-10-11)13-2-1-4-19-8-13/h1-8,10H,9H2. The van der Waals surface area contributed by atoms with Crippen LogP contribution in [0.15, 0.2) is 53.6 Å². The highest BCUT2D eigenvalue weighted by atomic mass is 32.1. The highest BCUT2D eigenvalue weighted by Gasteiger charge is 2.23. The van der Waals surface area contributed by atoms with Crippen molar-refractivity contribution >= 4 is 22.9 Å². The van der Waals surface area contributed by atoms with Crippen LogP contribution < -0.4 is 4.90 Å². The van der Waals surface area contributed by atoms with E-state index in [1.807, 2.05) is 16.8 Å². The van der Waals surface area contributed by atoms with Gasteiger partial charge in [-0.15, -0.1) is 0 Å². The summed E-state index contributed by atoms with van der Waals surface area (Å²) < 4.78 is 26.9. The summed E-state index contributed by atoms with van der Waals surface area (Å²) in [4.78, 5) is 21.6.